The molecule has 1 aromatic carbocycles. The maximum Gasteiger partial charge on any atom is 0.305 e. The Bertz CT molecular complexity index is 1120. The second-order valence-electron chi connectivity index (χ2n) is 7.88. The van der Waals surface area contributed by atoms with Gasteiger partial charge in [-0.3, -0.25) is 24.1 Å². The number of benzene rings is 1. The van der Waals surface area contributed by atoms with Crippen LogP contribution in [-0.2, 0) is 25.7 Å². The Morgan fingerprint density at radius 1 is 1.14 bits per heavy atom. The molecule has 2 aromatic rings. The van der Waals surface area contributed by atoms with Crippen LogP contribution in [0, 0.1) is 23.3 Å². The minimum Gasteiger partial charge on any atom is -0.481 e. The van der Waals surface area contributed by atoms with E-state index in [4.69, 9.17) is 5.11 Å². The lowest BCUT2D eigenvalue weighted by atomic mass is 10.1. The largest absolute Gasteiger partial charge is 0.481 e. The highest BCUT2D eigenvalue weighted by molar-refractivity contribution is 7.09. The van der Waals surface area contributed by atoms with Crippen LogP contribution >= 0.6 is 11.3 Å². The molecule has 0 saturated carbocycles. The molecule has 1 fully saturated rings. The predicted molar refractivity (Wildman–Crippen MR) is 117 cm³/mol. The minimum atomic E-state index is -1.87. The van der Waals surface area contributed by atoms with E-state index >= 15 is 0 Å². The summed E-state index contributed by atoms with van der Waals surface area (Å²) >= 11 is 1.51. The molecule has 1 aromatic heterocycles. The van der Waals surface area contributed by atoms with Crippen LogP contribution in [0.5, 0.6) is 5.75 Å². The van der Waals surface area contributed by atoms with Gasteiger partial charge in [-0.25, -0.2) is 8.78 Å². The van der Waals surface area contributed by atoms with Gasteiger partial charge in [0.1, 0.15) is 12.6 Å². The molecule has 2 heterocycles. The van der Waals surface area contributed by atoms with E-state index in [9.17, 15) is 36.7 Å². The maximum absolute atomic E-state index is 13.7. The Kier molecular flexibility index (Phi) is 8.98. The predicted octanol–water partition coefficient (Wildman–Crippen LogP) is 1.56. The number of carbonyl (C=O) groups is 4. The van der Waals surface area contributed by atoms with Crippen LogP contribution in [0.25, 0.3) is 0 Å². The summed E-state index contributed by atoms with van der Waals surface area (Å²) in [5, 5.41) is 13.1. The Morgan fingerprint density at radius 2 is 1.83 bits per heavy atom. The van der Waals surface area contributed by atoms with Crippen molar-refractivity contribution >= 4 is 34.9 Å². The molecule has 1 aliphatic heterocycles. The summed E-state index contributed by atoms with van der Waals surface area (Å²) in [7, 11) is 0. The number of hydrogen-bond donors (Lipinski definition) is 2. The summed E-state index contributed by atoms with van der Waals surface area (Å²) in [4.78, 5) is 52.6. The number of carboxylic acids is 1. The molecule has 1 unspecified atom stereocenters. The topological polar surface area (TPSA) is 116 Å². The Balaban J connectivity index is 1.56. The smallest absolute Gasteiger partial charge is 0.305 e. The second-order valence-corrected chi connectivity index (χ2v) is 8.91. The summed E-state index contributed by atoms with van der Waals surface area (Å²) in [5.41, 5.74) is 0. The van der Waals surface area contributed by atoms with Crippen LogP contribution in [0.3, 0.4) is 0 Å². The Hall–Kier alpha value is -3.52. The summed E-state index contributed by atoms with van der Waals surface area (Å²) < 4.78 is 58.6. The van der Waals surface area contributed by atoms with Crippen LogP contribution in [0.1, 0.15) is 11.3 Å². The van der Waals surface area contributed by atoms with Gasteiger partial charge in [0.05, 0.1) is 26.1 Å². The van der Waals surface area contributed by atoms with Crippen LogP contribution in [-0.4, -0.2) is 77.3 Å². The molecule has 3 rings (SSSR count). The number of hydrogen-bond acceptors (Lipinski definition) is 7. The average Bonchev–Trinajstić information content (AvgIpc) is 3.32. The zero-order valence-electron chi connectivity index (χ0n) is 18.6. The van der Waals surface area contributed by atoms with Crippen molar-refractivity contribution in [1.29, 1.82) is 0 Å². The number of ketones is 1. The number of nitrogens with zero attached hydrogens (tertiary/aromatic N) is 2. The summed E-state index contributed by atoms with van der Waals surface area (Å²) in [5.74, 6) is -12.3. The number of amides is 2. The molecule has 2 amide bonds. The first-order chi connectivity index (χ1) is 17.0. The standard InChI is InChI=1S/C22H21F4N3O6S/c23-13-6-14(24)21(26)22(20(13)25)35-11-16(30)15(7-19(33)34)27-17(31)9-28-3-4-29(18(32)10-28)8-12-2-1-5-36-12/h1-2,5-6,15H,3-4,7-11H2,(H,27,31)(H,33,34). The summed E-state index contributed by atoms with van der Waals surface area (Å²) in [6, 6.07) is 2.07. The highest BCUT2D eigenvalue weighted by Crippen LogP contribution is 2.26. The van der Waals surface area contributed by atoms with E-state index in [0.29, 0.717) is 19.6 Å². The number of piperazine rings is 1. The SMILES string of the molecule is O=C(O)CC(NC(=O)CN1CCN(Cc2cccs2)C(=O)C1)C(=O)COc1c(F)c(F)cc(F)c1F. The zero-order valence-corrected chi connectivity index (χ0v) is 19.5. The normalized spacial score (nSPS) is 15.0. The minimum absolute atomic E-state index is 0.0421. The van der Waals surface area contributed by atoms with Gasteiger partial charge in [-0.05, 0) is 11.4 Å². The quantitative estimate of drug-likeness (QED) is 0.334. The van der Waals surface area contributed by atoms with Gasteiger partial charge in [-0.1, -0.05) is 6.07 Å². The van der Waals surface area contributed by atoms with Crippen molar-refractivity contribution in [1.82, 2.24) is 15.1 Å². The fourth-order valence-corrected chi connectivity index (χ4v) is 4.15. The molecule has 1 atom stereocenters. The van der Waals surface area contributed by atoms with Crippen LogP contribution in [0.2, 0.25) is 0 Å². The van der Waals surface area contributed by atoms with E-state index in [0.717, 1.165) is 4.88 Å². The average molecular weight is 531 g/mol. The number of carbonyl (C=O) groups excluding carboxylic acids is 3. The third-order valence-corrected chi connectivity index (χ3v) is 6.09. The number of ether oxygens (including phenoxy) is 1. The first-order valence-electron chi connectivity index (χ1n) is 10.6. The van der Waals surface area contributed by atoms with Crippen LogP contribution < -0.4 is 10.1 Å². The van der Waals surface area contributed by atoms with Gasteiger partial charge in [-0.2, -0.15) is 8.78 Å². The highest BCUT2D eigenvalue weighted by atomic mass is 32.1. The number of Topliss-reactive ketones (excluding diaryl/α,β-unsaturated/α-hetero) is 1. The van der Waals surface area contributed by atoms with Gasteiger partial charge >= 0.3 is 5.97 Å². The van der Waals surface area contributed by atoms with Crippen LogP contribution in [0.15, 0.2) is 23.6 Å². The van der Waals surface area contributed by atoms with Crippen molar-refractivity contribution in [2.75, 3.05) is 32.8 Å². The lowest BCUT2D eigenvalue weighted by Gasteiger charge is -2.33. The molecule has 2 N–H and O–H groups in total. The molecule has 0 aliphatic carbocycles. The van der Waals surface area contributed by atoms with Gasteiger partial charge in [-0.15, -0.1) is 11.3 Å². The van der Waals surface area contributed by atoms with E-state index in [1.54, 1.807) is 4.90 Å². The van der Waals surface area contributed by atoms with Gasteiger partial charge in [0.2, 0.25) is 23.4 Å². The van der Waals surface area contributed by atoms with Crippen molar-refractivity contribution in [3.63, 3.8) is 0 Å². The number of nitrogens with one attached hydrogen (secondary N) is 1. The molecule has 194 valence electrons. The van der Waals surface area contributed by atoms with Crippen molar-refractivity contribution in [2.24, 2.45) is 0 Å². The molecule has 0 spiro atoms. The molecular formula is C22H21F4N3O6S. The van der Waals surface area contributed by atoms with Crippen molar-refractivity contribution in [3.05, 3.63) is 51.7 Å². The van der Waals surface area contributed by atoms with E-state index in [-0.39, 0.29) is 25.1 Å². The number of carboxylic acid groups (broad SMARTS) is 1. The van der Waals surface area contributed by atoms with Crippen molar-refractivity contribution in [3.8, 4) is 5.75 Å². The van der Waals surface area contributed by atoms with Gasteiger partial charge in [0.25, 0.3) is 0 Å². The molecule has 14 heteroatoms. The molecular weight excluding hydrogens is 510 g/mol. The van der Waals surface area contributed by atoms with E-state index in [1.807, 2.05) is 17.5 Å². The van der Waals surface area contributed by atoms with Crippen LogP contribution in [0.4, 0.5) is 17.6 Å². The number of rotatable bonds is 11. The Labute approximate surface area is 206 Å². The van der Waals surface area contributed by atoms with Gasteiger partial charge in [0.15, 0.2) is 23.2 Å². The van der Waals surface area contributed by atoms with Crippen molar-refractivity contribution in [2.45, 2.75) is 19.0 Å². The van der Waals surface area contributed by atoms with E-state index in [2.05, 4.69) is 10.1 Å². The molecule has 0 radical (unpaired) electrons. The first-order valence-corrected chi connectivity index (χ1v) is 11.4. The third kappa shape index (κ3) is 7.01. The molecule has 36 heavy (non-hydrogen) atoms. The lowest BCUT2D eigenvalue weighted by Crippen LogP contribution is -2.54. The first kappa shape index (κ1) is 27.1. The summed E-state index contributed by atoms with van der Waals surface area (Å²) in [6.45, 7) is -0.396. The number of halogens is 4. The lowest BCUT2D eigenvalue weighted by molar-refractivity contribution is -0.140. The molecule has 9 nitrogen and oxygen atoms in total. The fraction of sp³-hybridized carbons (Fsp3) is 0.364. The third-order valence-electron chi connectivity index (χ3n) is 5.22. The summed E-state index contributed by atoms with van der Waals surface area (Å²) in [6.07, 6.45) is -0.885. The fourth-order valence-electron chi connectivity index (χ4n) is 3.43. The monoisotopic (exact) mass is 531 g/mol. The van der Waals surface area contributed by atoms with Gasteiger partial charge < -0.3 is 20.1 Å². The molecule has 1 saturated heterocycles. The number of thiophene rings is 1. The number of aliphatic carboxylic acids is 1. The zero-order chi connectivity index (χ0) is 26.4. The maximum atomic E-state index is 13.7. The highest BCUT2D eigenvalue weighted by Gasteiger charge is 2.29. The molecule has 1 aliphatic rings. The van der Waals surface area contributed by atoms with Crippen molar-refractivity contribution < 1.29 is 46.6 Å². The molecule has 0 bridgehead atoms. The second kappa shape index (κ2) is 11.9. The van der Waals surface area contributed by atoms with E-state index < -0.39 is 65.7 Å². The Morgan fingerprint density at radius 3 is 2.42 bits per heavy atom. The van der Waals surface area contributed by atoms with Gasteiger partial charge in [0, 0.05) is 24.0 Å². The van der Waals surface area contributed by atoms with E-state index in [1.165, 1.54) is 16.2 Å².